The Bertz CT molecular complexity index is 303. The molecule has 0 aromatic heterocycles. The number of fused-ring (bicyclic) bond motifs is 3. The number of aliphatic hydroxyl groups is 1. The lowest BCUT2D eigenvalue weighted by atomic mass is 9.54. The second-order valence-electron chi connectivity index (χ2n) is 4.54. The van der Waals surface area contributed by atoms with E-state index in [0.717, 1.165) is 6.08 Å². The van der Waals surface area contributed by atoms with Crippen molar-refractivity contribution in [2.75, 3.05) is 0 Å². The maximum absolute atomic E-state index is 13.6. The summed E-state index contributed by atoms with van der Waals surface area (Å²) < 4.78 is 54.1. The van der Waals surface area contributed by atoms with E-state index in [9.17, 15) is 22.7 Å². The Hall–Kier alpha value is -0.580. The number of hydrogen-bond donors (Lipinski definition) is 1. The monoisotopic (exact) mass is 224 g/mol. The fourth-order valence-corrected chi connectivity index (χ4v) is 2.67. The summed E-state index contributed by atoms with van der Waals surface area (Å²) in [5, 5.41) is 9.53. The second kappa shape index (κ2) is 2.56. The quantitative estimate of drug-likeness (QED) is 0.536. The minimum Gasteiger partial charge on any atom is -0.383 e. The van der Waals surface area contributed by atoms with Gasteiger partial charge < -0.3 is 5.11 Å². The summed E-state index contributed by atoms with van der Waals surface area (Å²) in [6, 6.07) is 0. The molecule has 0 unspecified atom stereocenters. The van der Waals surface area contributed by atoms with Crippen LogP contribution < -0.4 is 0 Å². The van der Waals surface area contributed by atoms with Crippen molar-refractivity contribution in [1.82, 2.24) is 0 Å². The van der Waals surface area contributed by atoms with Crippen LogP contribution in [0, 0.1) is 5.41 Å². The molecule has 0 atom stereocenters. The lowest BCUT2D eigenvalue weighted by Crippen LogP contribution is -2.72. The summed E-state index contributed by atoms with van der Waals surface area (Å²) in [4.78, 5) is 0. The lowest BCUT2D eigenvalue weighted by Gasteiger charge is -2.58. The Labute approximate surface area is 84.8 Å². The van der Waals surface area contributed by atoms with Gasteiger partial charge in [-0.15, -0.1) is 6.58 Å². The Morgan fingerprint density at radius 1 is 0.933 bits per heavy atom. The smallest absolute Gasteiger partial charge is 0.338 e. The molecule has 5 heteroatoms. The van der Waals surface area contributed by atoms with Gasteiger partial charge in [0.25, 0.3) is 0 Å². The number of halogens is 4. The van der Waals surface area contributed by atoms with Crippen LogP contribution in [0.1, 0.15) is 25.7 Å². The molecular formula is C10H12F4O. The molecule has 86 valence electrons. The van der Waals surface area contributed by atoms with E-state index in [1.165, 1.54) is 0 Å². The second-order valence-corrected chi connectivity index (χ2v) is 4.54. The molecule has 3 fully saturated rings. The number of hydrogen-bond acceptors (Lipinski definition) is 1. The summed E-state index contributed by atoms with van der Waals surface area (Å²) in [6.45, 7) is 3.24. The first kappa shape index (κ1) is 10.9. The molecule has 3 aliphatic rings. The van der Waals surface area contributed by atoms with Gasteiger partial charge in [-0.05, 0) is 25.7 Å². The molecular weight excluding hydrogens is 212 g/mol. The van der Waals surface area contributed by atoms with Crippen molar-refractivity contribution in [3.8, 4) is 0 Å². The van der Waals surface area contributed by atoms with E-state index in [1.54, 1.807) is 0 Å². The van der Waals surface area contributed by atoms with E-state index >= 15 is 0 Å². The first-order valence-electron chi connectivity index (χ1n) is 4.84. The highest BCUT2D eigenvalue weighted by atomic mass is 19.3. The average Bonchev–Trinajstić information content (AvgIpc) is 2.17. The molecule has 0 radical (unpaired) electrons. The van der Waals surface area contributed by atoms with Crippen molar-refractivity contribution >= 4 is 0 Å². The molecule has 0 amide bonds. The van der Waals surface area contributed by atoms with Crippen molar-refractivity contribution < 1.29 is 22.7 Å². The van der Waals surface area contributed by atoms with E-state index in [1.807, 2.05) is 0 Å². The van der Waals surface area contributed by atoms with E-state index in [2.05, 4.69) is 6.58 Å². The molecule has 0 heterocycles. The van der Waals surface area contributed by atoms with Gasteiger partial charge >= 0.3 is 11.8 Å². The molecule has 3 aliphatic carbocycles. The Morgan fingerprint density at radius 2 is 1.40 bits per heavy atom. The van der Waals surface area contributed by atoms with E-state index < -0.39 is 22.9 Å². The SMILES string of the molecule is C=CC12CCC(O)(CC1)C(F)(F)C2(F)F. The number of allylic oxidation sites excluding steroid dienone is 1. The molecule has 1 nitrogen and oxygen atoms in total. The van der Waals surface area contributed by atoms with Gasteiger partial charge in [-0.25, -0.2) is 0 Å². The third-order valence-electron chi connectivity index (χ3n) is 3.96. The fourth-order valence-electron chi connectivity index (χ4n) is 2.67. The highest BCUT2D eigenvalue weighted by molar-refractivity contribution is 5.23. The van der Waals surface area contributed by atoms with Gasteiger partial charge in [0.2, 0.25) is 0 Å². The van der Waals surface area contributed by atoms with Crippen molar-refractivity contribution in [3.05, 3.63) is 12.7 Å². The van der Waals surface area contributed by atoms with Crippen molar-refractivity contribution in [2.24, 2.45) is 5.41 Å². The Morgan fingerprint density at radius 3 is 1.80 bits per heavy atom. The largest absolute Gasteiger partial charge is 0.383 e. The average molecular weight is 224 g/mol. The third kappa shape index (κ3) is 0.928. The van der Waals surface area contributed by atoms with Crippen LogP contribution in [0.25, 0.3) is 0 Å². The molecule has 2 bridgehead atoms. The van der Waals surface area contributed by atoms with Crippen LogP contribution in [0.5, 0.6) is 0 Å². The zero-order valence-corrected chi connectivity index (χ0v) is 8.07. The molecule has 1 N–H and O–H groups in total. The van der Waals surface area contributed by atoms with Crippen LogP contribution in [-0.4, -0.2) is 22.6 Å². The van der Waals surface area contributed by atoms with E-state index in [4.69, 9.17) is 0 Å². The minimum absolute atomic E-state index is 0.129. The van der Waals surface area contributed by atoms with Crippen LogP contribution in [0.3, 0.4) is 0 Å². The standard InChI is InChI=1S/C10H12F4O/c1-2-7-3-5-8(15,6-4-7)10(13,14)9(7,11)12/h2,15H,1,3-6H2. The van der Waals surface area contributed by atoms with Crippen LogP contribution in [0.4, 0.5) is 17.6 Å². The first-order valence-corrected chi connectivity index (χ1v) is 4.84. The van der Waals surface area contributed by atoms with Gasteiger partial charge in [-0.1, -0.05) is 6.08 Å². The van der Waals surface area contributed by atoms with Crippen LogP contribution in [-0.2, 0) is 0 Å². The molecule has 0 aromatic rings. The maximum Gasteiger partial charge on any atom is 0.338 e. The molecule has 0 aromatic carbocycles. The summed E-state index contributed by atoms with van der Waals surface area (Å²) >= 11 is 0. The highest BCUT2D eigenvalue weighted by Gasteiger charge is 2.80. The van der Waals surface area contributed by atoms with Gasteiger partial charge in [0.05, 0.1) is 5.41 Å². The lowest BCUT2D eigenvalue weighted by molar-refractivity contribution is -0.372. The summed E-state index contributed by atoms with van der Waals surface area (Å²) in [5.74, 6) is -8.56. The fraction of sp³-hybridized carbons (Fsp3) is 0.800. The van der Waals surface area contributed by atoms with E-state index in [0.29, 0.717) is 0 Å². The predicted octanol–water partition coefficient (Wildman–Crippen LogP) is 2.75. The summed E-state index contributed by atoms with van der Waals surface area (Å²) in [6.07, 6.45) is 0.0913. The van der Waals surface area contributed by atoms with Crippen LogP contribution >= 0.6 is 0 Å². The van der Waals surface area contributed by atoms with Crippen molar-refractivity contribution in [1.29, 1.82) is 0 Å². The Kier molecular flexibility index (Phi) is 1.87. The van der Waals surface area contributed by atoms with Gasteiger partial charge in [0, 0.05) is 0 Å². The summed E-state index contributed by atoms with van der Waals surface area (Å²) in [7, 11) is 0. The molecule has 0 aliphatic heterocycles. The molecule has 0 spiro atoms. The minimum atomic E-state index is -4.36. The predicted molar refractivity (Wildman–Crippen MR) is 45.9 cm³/mol. The summed E-state index contributed by atoms with van der Waals surface area (Å²) in [5.41, 5.74) is -4.39. The molecule has 3 rings (SSSR count). The van der Waals surface area contributed by atoms with E-state index in [-0.39, 0.29) is 25.7 Å². The Balaban J connectivity index is 2.56. The number of alkyl halides is 4. The van der Waals surface area contributed by atoms with Crippen molar-refractivity contribution in [3.63, 3.8) is 0 Å². The molecule has 15 heavy (non-hydrogen) atoms. The van der Waals surface area contributed by atoms with Crippen LogP contribution in [0.2, 0.25) is 0 Å². The topological polar surface area (TPSA) is 20.2 Å². The zero-order chi connectivity index (χ0) is 11.5. The zero-order valence-electron chi connectivity index (χ0n) is 8.07. The third-order valence-corrected chi connectivity index (χ3v) is 3.96. The van der Waals surface area contributed by atoms with Gasteiger partial charge in [-0.3, -0.25) is 0 Å². The van der Waals surface area contributed by atoms with Crippen molar-refractivity contribution in [2.45, 2.75) is 43.1 Å². The first-order chi connectivity index (χ1) is 6.72. The normalized spacial score (nSPS) is 46.5. The maximum atomic E-state index is 13.6. The highest BCUT2D eigenvalue weighted by Crippen LogP contribution is 2.67. The van der Waals surface area contributed by atoms with Crippen LogP contribution in [0.15, 0.2) is 12.7 Å². The molecule has 0 saturated heterocycles. The molecule has 3 saturated carbocycles. The van der Waals surface area contributed by atoms with Gasteiger partial charge in [0.1, 0.15) is 5.60 Å². The number of rotatable bonds is 1. The van der Waals surface area contributed by atoms with Gasteiger partial charge in [0.15, 0.2) is 0 Å². The van der Waals surface area contributed by atoms with Gasteiger partial charge in [-0.2, -0.15) is 17.6 Å².